The van der Waals surface area contributed by atoms with Crippen molar-refractivity contribution in [1.82, 2.24) is 0 Å². The van der Waals surface area contributed by atoms with Gasteiger partial charge >= 0.3 is 0 Å². The van der Waals surface area contributed by atoms with Gasteiger partial charge in [0.25, 0.3) is 0 Å². The Hall–Kier alpha value is -0.210. The quantitative estimate of drug-likeness (QED) is 0.110. The van der Waals surface area contributed by atoms with Crippen molar-refractivity contribution in [3.63, 3.8) is 0 Å². The highest BCUT2D eigenvalue weighted by Crippen LogP contribution is 2.15. The number of rotatable bonds is 18. The third kappa shape index (κ3) is 22.8. The predicted molar refractivity (Wildman–Crippen MR) is 128 cm³/mol. The molecular weight excluding hydrogens is 414 g/mol. The van der Waals surface area contributed by atoms with Crippen LogP contribution in [0.2, 0.25) is 0 Å². The van der Waals surface area contributed by atoms with Crippen LogP contribution in [0.1, 0.15) is 110 Å². The van der Waals surface area contributed by atoms with E-state index in [1.165, 1.54) is 127 Å². The summed E-state index contributed by atoms with van der Waals surface area (Å²) in [5.41, 5.74) is 0. The van der Waals surface area contributed by atoms with Crippen LogP contribution in [0.15, 0.2) is 0 Å². The first-order chi connectivity index (χ1) is 14.8. The molecule has 0 amide bonds. The molecule has 0 bridgehead atoms. The fraction of sp³-hybridized carbons (Fsp3) is 1.00. The lowest BCUT2D eigenvalue weighted by molar-refractivity contribution is -0.917. The summed E-state index contributed by atoms with van der Waals surface area (Å²) < 4.78 is 37.8. The smallest absolute Gasteiger partial charge is 0.217 e. The van der Waals surface area contributed by atoms with Crippen LogP contribution in [0.5, 0.6) is 0 Å². The van der Waals surface area contributed by atoms with E-state index in [4.69, 9.17) is 4.74 Å². The fourth-order valence-corrected chi connectivity index (χ4v) is 4.05. The molecule has 0 spiro atoms. The van der Waals surface area contributed by atoms with Crippen LogP contribution in [-0.4, -0.2) is 64.5 Å². The van der Waals surface area contributed by atoms with Crippen LogP contribution < -0.4 is 0 Å². The number of nitrogens with zero attached hydrogens (tertiary/aromatic N) is 1. The molecular formula is C24H51NO5S. The average Bonchev–Trinajstić information content (AvgIpc) is 2.74. The van der Waals surface area contributed by atoms with Gasteiger partial charge in [-0.3, -0.25) is 4.18 Å². The minimum atomic E-state index is -4.41. The van der Waals surface area contributed by atoms with Gasteiger partial charge in [-0.25, -0.2) is 8.42 Å². The van der Waals surface area contributed by atoms with E-state index < -0.39 is 10.4 Å². The Bertz CT molecular complexity index is 478. The van der Waals surface area contributed by atoms with Gasteiger partial charge in [-0.2, -0.15) is 0 Å². The zero-order valence-corrected chi connectivity index (χ0v) is 21.6. The van der Waals surface area contributed by atoms with E-state index in [-0.39, 0.29) is 0 Å². The number of unbranched alkanes of at least 4 members (excludes halogenated alkanes) is 15. The first-order valence-electron chi connectivity index (χ1n) is 12.8. The Kier molecular flexibility index (Phi) is 20.3. The van der Waals surface area contributed by atoms with Crippen LogP contribution in [-0.2, 0) is 19.3 Å². The van der Waals surface area contributed by atoms with Gasteiger partial charge in [-0.1, -0.05) is 96.8 Å². The minimum absolute atomic E-state index is 0.808. The molecule has 7 heteroatoms. The van der Waals surface area contributed by atoms with Gasteiger partial charge in [-0.05, 0) is 12.8 Å². The summed E-state index contributed by atoms with van der Waals surface area (Å²) in [6, 6.07) is 0. The average molecular weight is 466 g/mol. The molecule has 1 aliphatic rings. The highest BCUT2D eigenvalue weighted by Gasteiger charge is 2.24. The largest absolute Gasteiger partial charge is 0.726 e. The standard InChI is InChI=1S/C23H48NO.CH4O4S/c1-3-4-5-6-7-8-9-10-11-12-13-14-15-16-17-18-19-24(2)20-22-25-23-21-24;1-5-6(2,3)4/h3-23H2,1-2H3;1H3,(H,2,3,4)/q+1;/p-1. The van der Waals surface area contributed by atoms with Crippen molar-refractivity contribution in [3.8, 4) is 0 Å². The van der Waals surface area contributed by atoms with E-state index in [0.29, 0.717) is 0 Å². The Labute approximate surface area is 193 Å². The van der Waals surface area contributed by atoms with Crippen LogP contribution in [0.4, 0.5) is 0 Å². The molecule has 0 radical (unpaired) electrons. The molecule has 6 nitrogen and oxygen atoms in total. The van der Waals surface area contributed by atoms with Crippen molar-refractivity contribution in [2.75, 3.05) is 47.0 Å². The minimum Gasteiger partial charge on any atom is -0.726 e. The molecule has 1 fully saturated rings. The first kappa shape index (κ1) is 30.8. The first-order valence-corrected chi connectivity index (χ1v) is 14.1. The maximum atomic E-state index is 9.22. The monoisotopic (exact) mass is 465 g/mol. The van der Waals surface area contributed by atoms with Crippen molar-refractivity contribution >= 4 is 10.4 Å². The fourth-order valence-electron chi connectivity index (χ4n) is 4.05. The molecule has 0 unspecified atom stereocenters. The summed E-state index contributed by atoms with van der Waals surface area (Å²) in [4.78, 5) is 0. The Morgan fingerprint density at radius 3 is 1.39 bits per heavy atom. The van der Waals surface area contributed by atoms with Crippen molar-refractivity contribution in [2.45, 2.75) is 110 Å². The maximum absolute atomic E-state index is 9.22. The Balaban J connectivity index is 0.00000131. The lowest BCUT2D eigenvalue weighted by Crippen LogP contribution is -2.52. The molecule has 0 aromatic rings. The normalized spacial score (nSPS) is 16.0. The summed E-state index contributed by atoms with van der Waals surface area (Å²) in [6.45, 7) is 8.04. The second kappa shape index (κ2) is 20.4. The summed E-state index contributed by atoms with van der Waals surface area (Å²) in [6.07, 6.45) is 23.3. The van der Waals surface area contributed by atoms with Gasteiger partial charge in [0, 0.05) is 0 Å². The third-order valence-corrected chi connectivity index (χ3v) is 6.71. The summed E-state index contributed by atoms with van der Waals surface area (Å²) in [5.74, 6) is 0. The summed E-state index contributed by atoms with van der Waals surface area (Å²) in [5, 5.41) is 0. The van der Waals surface area contributed by atoms with Crippen LogP contribution >= 0.6 is 0 Å². The van der Waals surface area contributed by atoms with Crippen LogP contribution in [0, 0.1) is 0 Å². The zero-order valence-electron chi connectivity index (χ0n) is 20.7. The Morgan fingerprint density at radius 2 is 1.06 bits per heavy atom. The molecule has 0 aromatic heterocycles. The molecule has 1 saturated heterocycles. The van der Waals surface area contributed by atoms with Crippen molar-refractivity contribution in [1.29, 1.82) is 0 Å². The number of ether oxygens (including phenoxy) is 1. The molecule has 0 aromatic carbocycles. The van der Waals surface area contributed by atoms with Gasteiger partial charge < -0.3 is 13.8 Å². The Morgan fingerprint density at radius 1 is 0.742 bits per heavy atom. The number of likely N-dealkylation sites (N-methyl/N-ethyl adjacent to an activating group) is 1. The maximum Gasteiger partial charge on any atom is 0.217 e. The van der Waals surface area contributed by atoms with Gasteiger partial charge in [0.1, 0.15) is 13.1 Å². The van der Waals surface area contributed by atoms with Crippen LogP contribution in [0.25, 0.3) is 0 Å². The van der Waals surface area contributed by atoms with E-state index in [1.54, 1.807) is 0 Å². The molecule has 0 aliphatic carbocycles. The van der Waals surface area contributed by atoms with E-state index in [2.05, 4.69) is 18.2 Å². The van der Waals surface area contributed by atoms with Gasteiger partial charge in [0.05, 0.1) is 33.9 Å². The second-order valence-electron chi connectivity index (χ2n) is 9.28. The van der Waals surface area contributed by atoms with Gasteiger partial charge in [0.15, 0.2) is 0 Å². The molecule has 1 aliphatic heterocycles. The van der Waals surface area contributed by atoms with E-state index in [9.17, 15) is 13.0 Å². The van der Waals surface area contributed by atoms with Crippen molar-refractivity contribution < 1.29 is 26.4 Å². The van der Waals surface area contributed by atoms with Crippen molar-refractivity contribution in [3.05, 3.63) is 0 Å². The van der Waals surface area contributed by atoms with E-state index >= 15 is 0 Å². The molecule has 0 atom stereocenters. The molecule has 1 heterocycles. The topological polar surface area (TPSA) is 75.7 Å². The lowest BCUT2D eigenvalue weighted by atomic mass is 10.0. The number of hydrogen-bond donors (Lipinski definition) is 0. The molecule has 31 heavy (non-hydrogen) atoms. The summed E-state index contributed by atoms with van der Waals surface area (Å²) >= 11 is 0. The van der Waals surface area contributed by atoms with Crippen molar-refractivity contribution in [2.24, 2.45) is 0 Å². The summed E-state index contributed by atoms with van der Waals surface area (Å²) in [7, 11) is -1.19. The third-order valence-electron chi connectivity index (χ3n) is 6.31. The second-order valence-corrected chi connectivity index (χ2v) is 10.4. The van der Waals surface area contributed by atoms with Crippen LogP contribution in [0.3, 0.4) is 0 Å². The predicted octanol–water partition coefficient (Wildman–Crippen LogP) is 5.82. The van der Waals surface area contributed by atoms with Gasteiger partial charge in [-0.15, -0.1) is 0 Å². The van der Waals surface area contributed by atoms with Gasteiger partial charge in [0.2, 0.25) is 10.4 Å². The molecule has 0 saturated carbocycles. The SMILES string of the molecule is CCCCCCCCCCCCCCCCCC[N+]1(C)CCOCC1.COS(=O)(=O)[O-]. The van der Waals surface area contributed by atoms with E-state index in [0.717, 1.165) is 20.3 Å². The zero-order chi connectivity index (χ0) is 23.3. The molecule has 0 N–H and O–H groups in total. The van der Waals surface area contributed by atoms with E-state index in [1.807, 2.05) is 0 Å². The number of hydrogen-bond acceptors (Lipinski definition) is 5. The number of quaternary nitrogens is 1. The number of morpholine rings is 1. The lowest BCUT2D eigenvalue weighted by Gasteiger charge is -2.37. The highest BCUT2D eigenvalue weighted by molar-refractivity contribution is 7.80. The molecule has 1 rings (SSSR count). The highest BCUT2D eigenvalue weighted by atomic mass is 32.3. The molecule has 188 valence electrons.